The molecule has 0 radical (unpaired) electrons. The first kappa shape index (κ1) is 27.9. The molecule has 0 aliphatic carbocycles. The predicted molar refractivity (Wildman–Crippen MR) is 161 cm³/mol. The van der Waals surface area contributed by atoms with E-state index in [1.165, 1.54) is 0 Å². The minimum absolute atomic E-state index is 0.0701. The number of aliphatic hydroxyl groups is 1. The Kier molecular flexibility index (Phi) is 7.96. The number of esters is 1. The molecular weight excluding hydrogens is 526 g/mol. The third-order valence-corrected chi connectivity index (χ3v) is 9.11. The molecule has 0 spiro atoms. The van der Waals surface area contributed by atoms with Gasteiger partial charge in [-0.25, -0.2) is 4.79 Å². The van der Waals surface area contributed by atoms with Gasteiger partial charge in [0.15, 0.2) is 6.10 Å². The first-order valence-corrected chi connectivity index (χ1v) is 14.9. The summed E-state index contributed by atoms with van der Waals surface area (Å²) in [5.74, 6) is -0.384. The Morgan fingerprint density at radius 1 is 0.857 bits per heavy atom. The second-order valence-electron chi connectivity index (χ2n) is 11.7. The van der Waals surface area contributed by atoms with Gasteiger partial charge in [-0.3, -0.25) is 4.79 Å². The van der Waals surface area contributed by atoms with Gasteiger partial charge in [-0.2, -0.15) is 0 Å². The molecule has 3 saturated heterocycles. The van der Waals surface area contributed by atoms with Gasteiger partial charge in [0.2, 0.25) is 5.60 Å². The lowest BCUT2D eigenvalue weighted by atomic mass is 9.82. The number of fused-ring (bicyclic) bond motifs is 3. The summed E-state index contributed by atoms with van der Waals surface area (Å²) >= 11 is 0. The van der Waals surface area contributed by atoms with E-state index in [0.29, 0.717) is 29.2 Å². The molecule has 7 heteroatoms. The fraction of sp³-hybridized carbons (Fsp3) is 0.314. The quantitative estimate of drug-likeness (QED) is 0.167. The van der Waals surface area contributed by atoms with Crippen molar-refractivity contribution < 1.29 is 23.9 Å². The van der Waals surface area contributed by atoms with Gasteiger partial charge in [-0.15, -0.1) is 0 Å². The smallest absolute Gasteiger partial charge is 0.348 e. The number of ether oxygens (including phenoxy) is 1. The van der Waals surface area contributed by atoms with Gasteiger partial charge < -0.3 is 24.2 Å². The molecule has 2 N–H and O–H groups in total. The van der Waals surface area contributed by atoms with Gasteiger partial charge in [0.1, 0.15) is 6.54 Å². The molecule has 0 saturated carbocycles. The number of nitrogens with one attached hydrogen (secondary N) is 1. The molecule has 4 aromatic rings. The summed E-state index contributed by atoms with van der Waals surface area (Å²) in [6.45, 7) is 4.35. The van der Waals surface area contributed by atoms with Crippen molar-refractivity contribution in [1.82, 2.24) is 9.88 Å². The molecule has 1 atom stereocenters. The van der Waals surface area contributed by atoms with Crippen molar-refractivity contribution in [3.8, 4) is 5.69 Å². The van der Waals surface area contributed by atoms with E-state index < -0.39 is 11.6 Å². The minimum atomic E-state index is -1.87. The third-order valence-electron chi connectivity index (χ3n) is 9.11. The molecule has 7 nitrogen and oxygen atoms in total. The molecule has 3 aliphatic rings. The molecule has 3 aromatic carbocycles. The van der Waals surface area contributed by atoms with Crippen LogP contribution in [0.3, 0.4) is 0 Å². The van der Waals surface area contributed by atoms with E-state index in [1.807, 2.05) is 89.8 Å². The van der Waals surface area contributed by atoms with Crippen LogP contribution in [0, 0.1) is 5.92 Å². The molecule has 3 fully saturated rings. The van der Waals surface area contributed by atoms with E-state index in [2.05, 4.69) is 5.32 Å². The zero-order valence-corrected chi connectivity index (χ0v) is 23.8. The highest BCUT2D eigenvalue weighted by Gasteiger charge is 2.50. The second kappa shape index (κ2) is 12.0. The Morgan fingerprint density at radius 3 is 2.05 bits per heavy atom. The molecule has 1 amide bonds. The van der Waals surface area contributed by atoms with Crippen molar-refractivity contribution in [3.63, 3.8) is 0 Å². The Bertz CT molecular complexity index is 1440. The standard InChI is InChI=1S/C35H37N3O4/c39-33(28-14-16-31(17-15-28)37-21-7-8-22-37)36-20-9-23-38-24-18-27(19-25-38)32(26-38)42-34(40)35(41,29-10-3-1-4-11-29)30-12-5-2-6-13-30/h1-8,10-17,21-22,27,32,41H,9,18-20,23-26H2/p+1. The average molecular weight is 565 g/mol. The van der Waals surface area contributed by atoms with Crippen LogP contribution < -0.4 is 5.32 Å². The Hall–Kier alpha value is -4.20. The molecule has 4 heterocycles. The largest absolute Gasteiger partial charge is 0.453 e. The molecule has 7 rings (SSSR count). The molecular formula is C35H38N3O4+. The number of carbonyl (C=O) groups is 2. The highest BCUT2D eigenvalue weighted by Crippen LogP contribution is 2.38. The lowest BCUT2D eigenvalue weighted by Crippen LogP contribution is -2.65. The van der Waals surface area contributed by atoms with Gasteiger partial charge in [0, 0.05) is 55.4 Å². The zero-order chi connectivity index (χ0) is 29.0. The van der Waals surface area contributed by atoms with Gasteiger partial charge in [-0.05, 0) is 47.5 Å². The van der Waals surface area contributed by atoms with Crippen LogP contribution in [-0.4, -0.2) is 64.9 Å². The van der Waals surface area contributed by atoms with E-state index in [4.69, 9.17) is 4.74 Å². The summed E-state index contributed by atoms with van der Waals surface area (Å²) in [5.41, 5.74) is 0.794. The number of rotatable bonds is 10. The summed E-state index contributed by atoms with van der Waals surface area (Å²) in [6, 6.07) is 29.6. The fourth-order valence-corrected chi connectivity index (χ4v) is 6.66. The van der Waals surface area contributed by atoms with E-state index in [0.717, 1.165) is 55.6 Å². The first-order chi connectivity index (χ1) is 20.5. The number of benzene rings is 3. The summed E-state index contributed by atoms with van der Waals surface area (Å²) in [6.07, 6.45) is 6.54. The Morgan fingerprint density at radius 2 is 1.45 bits per heavy atom. The predicted octanol–water partition coefficient (Wildman–Crippen LogP) is 4.69. The van der Waals surface area contributed by atoms with Crippen molar-refractivity contribution in [2.75, 3.05) is 32.7 Å². The van der Waals surface area contributed by atoms with Gasteiger partial charge in [-0.1, -0.05) is 60.7 Å². The normalized spacial score (nSPS) is 21.5. The number of amides is 1. The highest BCUT2D eigenvalue weighted by molar-refractivity contribution is 5.94. The van der Waals surface area contributed by atoms with Crippen LogP contribution in [0.2, 0.25) is 0 Å². The fourth-order valence-electron chi connectivity index (χ4n) is 6.66. The molecule has 216 valence electrons. The lowest BCUT2D eigenvalue weighted by Gasteiger charge is -2.52. The first-order valence-electron chi connectivity index (χ1n) is 14.9. The van der Waals surface area contributed by atoms with E-state index in [9.17, 15) is 14.7 Å². The second-order valence-corrected chi connectivity index (χ2v) is 11.7. The van der Waals surface area contributed by atoms with Crippen molar-refractivity contribution in [3.05, 3.63) is 126 Å². The van der Waals surface area contributed by atoms with Gasteiger partial charge in [0.05, 0.1) is 19.6 Å². The number of quaternary nitrogens is 1. The summed E-state index contributed by atoms with van der Waals surface area (Å²) in [7, 11) is 0. The number of piperidine rings is 3. The summed E-state index contributed by atoms with van der Waals surface area (Å²) in [5, 5.41) is 14.9. The molecule has 2 bridgehead atoms. The molecule has 3 aliphatic heterocycles. The lowest BCUT2D eigenvalue weighted by molar-refractivity contribution is -0.946. The van der Waals surface area contributed by atoms with Crippen LogP contribution >= 0.6 is 0 Å². The van der Waals surface area contributed by atoms with Crippen molar-refractivity contribution >= 4 is 11.9 Å². The van der Waals surface area contributed by atoms with Crippen LogP contribution in [0.1, 0.15) is 40.7 Å². The van der Waals surface area contributed by atoms with Crippen LogP contribution in [0.25, 0.3) is 5.69 Å². The number of hydrogen-bond donors (Lipinski definition) is 2. The van der Waals surface area contributed by atoms with Crippen LogP contribution in [0.15, 0.2) is 109 Å². The minimum Gasteiger partial charge on any atom is -0.453 e. The van der Waals surface area contributed by atoms with Gasteiger partial charge >= 0.3 is 5.97 Å². The zero-order valence-electron chi connectivity index (χ0n) is 23.8. The van der Waals surface area contributed by atoms with Crippen LogP contribution in [0.5, 0.6) is 0 Å². The van der Waals surface area contributed by atoms with E-state index >= 15 is 0 Å². The highest BCUT2D eigenvalue weighted by atomic mass is 16.6. The maximum Gasteiger partial charge on any atom is 0.348 e. The van der Waals surface area contributed by atoms with E-state index in [1.54, 1.807) is 24.3 Å². The number of carbonyl (C=O) groups excluding carboxylic acids is 2. The number of nitrogens with zero attached hydrogens (tertiary/aromatic N) is 2. The van der Waals surface area contributed by atoms with Crippen molar-refractivity contribution in [2.24, 2.45) is 5.92 Å². The SMILES string of the molecule is O=C(NCCC[N+]12CCC(CC1)C(OC(=O)C(O)(c1ccccc1)c1ccccc1)C2)c1ccc(-n2cccc2)cc1. The Labute approximate surface area is 247 Å². The van der Waals surface area contributed by atoms with E-state index in [-0.39, 0.29) is 12.0 Å². The topological polar surface area (TPSA) is 80.6 Å². The maximum absolute atomic E-state index is 13.7. The van der Waals surface area contributed by atoms with Crippen molar-refractivity contribution in [2.45, 2.75) is 31.0 Å². The number of aromatic nitrogens is 1. The number of hydrogen-bond acceptors (Lipinski definition) is 4. The Balaban J connectivity index is 1.06. The molecule has 42 heavy (non-hydrogen) atoms. The summed E-state index contributed by atoms with van der Waals surface area (Å²) in [4.78, 5) is 26.5. The third kappa shape index (κ3) is 5.62. The molecule has 1 aromatic heterocycles. The summed E-state index contributed by atoms with van der Waals surface area (Å²) < 4.78 is 9.07. The van der Waals surface area contributed by atoms with Crippen molar-refractivity contribution in [1.29, 1.82) is 0 Å². The monoisotopic (exact) mass is 564 g/mol. The van der Waals surface area contributed by atoms with Crippen LogP contribution in [0.4, 0.5) is 0 Å². The average Bonchev–Trinajstić information content (AvgIpc) is 3.59. The molecule has 1 unspecified atom stereocenters. The van der Waals surface area contributed by atoms with Crippen LogP contribution in [-0.2, 0) is 15.1 Å². The maximum atomic E-state index is 13.7. The van der Waals surface area contributed by atoms with Gasteiger partial charge in [0.25, 0.3) is 5.91 Å².